The summed E-state index contributed by atoms with van der Waals surface area (Å²) in [5.41, 5.74) is 2.09. The van der Waals surface area contributed by atoms with Gasteiger partial charge in [-0.15, -0.1) is 11.8 Å². The summed E-state index contributed by atoms with van der Waals surface area (Å²) in [6.07, 6.45) is 1.91. The Labute approximate surface area is 241 Å². The second kappa shape index (κ2) is 13.7. The number of amides is 2. The summed E-state index contributed by atoms with van der Waals surface area (Å²) in [6.45, 7) is 6.86. The van der Waals surface area contributed by atoms with Crippen LogP contribution < -0.4 is 14.4 Å². The molecule has 8 nitrogen and oxygen atoms in total. The molecule has 0 unspecified atom stereocenters. The van der Waals surface area contributed by atoms with Crippen LogP contribution in [-0.2, 0) is 26.2 Å². The van der Waals surface area contributed by atoms with E-state index >= 15 is 0 Å². The molecule has 0 saturated carbocycles. The van der Waals surface area contributed by atoms with E-state index in [0.29, 0.717) is 11.4 Å². The summed E-state index contributed by atoms with van der Waals surface area (Å²) >= 11 is 1.51. The molecule has 0 fully saturated rings. The number of hydrogen-bond acceptors (Lipinski definition) is 6. The molecule has 0 aliphatic heterocycles. The molecule has 40 heavy (non-hydrogen) atoms. The highest BCUT2D eigenvalue weighted by Crippen LogP contribution is 2.26. The van der Waals surface area contributed by atoms with E-state index in [-0.39, 0.29) is 23.4 Å². The van der Waals surface area contributed by atoms with Crippen molar-refractivity contribution in [3.05, 3.63) is 83.9 Å². The van der Waals surface area contributed by atoms with Gasteiger partial charge in [-0.05, 0) is 88.0 Å². The molecule has 0 heterocycles. The third kappa shape index (κ3) is 7.79. The van der Waals surface area contributed by atoms with E-state index in [4.69, 9.17) is 4.74 Å². The zero-order valence-corrected chi connectivity index (χ0v) is 25.4. The number of ether oxygens (including phenoxy) is 1. The number of nitrogens with one attached hydrogen (secondary N) is 1. The van der Waals surface area contributed by atoms with Gasteiger partial charge in [0, 0.05) is 17.5 Å². The highest BCUT2D eigenvalue weighted by atomic mass is 32.2. The van der Waals surface area contributed by atoms with E-state index in [1.165, 1.54) is 16.7 Å². The van der Waals surface area contributed by atoms with Gasteiger partial charge in [0.15, 0.2) is 0 Å². The maximum atomic E-state index is 13.9. The fourth-order valence-corrected chi connectivity index (χ4v) is 5.85. The standard InChI is InChI=1S/C30H37N3O5S2/c1-21(2)31-30(35)23(4)32(19-24-9-13-26(38-5)14-10-24)29(34)20-33(25-11-7-22(3)8-12-25)40(36,37)28-17-15-27(39-6)16-18-28/h7-18,21,23H,19-20H2,1-6H3,(H,31,35)/t23-/m0/s1. The molecule has 0 spiro atoms. The molecule has 0 aromatic heterocycles. The Kier molecular flexibility index (Phi) is 10.6. The first-order valence-electron chi connectivity index (χ1n) is 12.9. The Bertz CT molecular complexity index is 1390. The van der Waals surface area contributed by atoms with Gasteiger partial charge < -0.3 is 15.0 Å². The molecule has 0 saturated heterocycles. The van der Waals surface area contributed by atoms with Crippen molar-refractivity contribution in [3.63, 3.8) is 0 Å². The molecule has 0 bridgehead atoms. The first-order valence-corrected chi connectivity index (χ1v) is 15.6. The Morgan fingerprint density at radius 3 is 2.05 bits per heavy atom. The molecule has 3 aromatic carbocycles. The number of benzene rings is 3. The predicted molar refractivity (Wildman–Crippen MR) is 160 cm³/mol. The zero-order valence-electron chi connectivity index (χ0n) is 23.7. The lowest BCUT2D eigenvalue weighted by Gasteiger charge is -2.32. The molecule has 0 aliphatic rings. The summed E-state index contributed by atoms with van der Waals surface area (Å²) in [6, 6.07) is 19.7. The maximum Gasteiger partial charge on any atom is 0.264 e. The summed E-state index contributed by atoms with van der Waals surface area (Å²) in [5, 5.41) is 2.85. The van der Waals surface area contributed by atoms with Crippen LogP contribution in [0.1, 0.15) is 31.9 Å². The maximum absolute atomic E-state index is 13.9. The monoisotopic (exact) mass is 583 g/mol. The van der Waals surface area contributed by atoms with Crippen molar-refractivity contribution < 1.29 is 22.7 Å². The number of rotatable bonds is 12. The van der Waals surface area contributed by atoms with E-state index in [0.717, 1.165) is 20.3 Å². The number of carbonyl (C=O) groups excluding carboxylic acids is 2. The average molecular weight is 584 g/mol. The van der Waals surface area contributed by atoms with Gasteiger partial charge in [-0.25, -0.2) is 8.42 Å². The van der Waals surface area contributed by atoms with Crippen molar-refractivity contribution in [1.29, 1.82) is 0 Å². The molecule has 1 atom stereocenters. The topological polar surface area (TPSA) is 96.0 Å². The summed E-state index contributed by atoms with van der Waals surface area (Å²) in [5.74, 6) is -0.169. The number of nitrogens with zero attached hydrogens (tertiary/aromatic N) is 2. The fourth-order valence-electron chi connectivity index (χ4n) is 4.03. The highest BCUT2D eigenvalue weighted by molar-refractivity contribution is 7.98. The molecule has 2 amide bonds. The molecular formula is C30H37N3O5S2. The van der Waals surface area contributed by atoms with Crippen molar-refractivity contribution in [2.75, 3.05) is 24.2 Å². The van der Waals surface area contributed by atoms with Crippen LogP contribution in [0.3, 0.4) is 0 Å². The fraction of sp³-hybridized carbons (Fsp3) is 0.333. The zero-order chi connectivity index (χ0) is 29.4. The first kappa shape index (κ1) is 31.0. The van der Waals surface area contributed by atoms with E-state index in [2.05, 4.69) is 5.32 Å². The normalized spacial score (nSPS) is 12.1. The van der Waals surface area contributed by atoms with Crippen LogP contribution in [0.25, 0.3) is 0 Å². The molecule has 10 heteroatoms. The van der Waals surface area contributed by atoms with Gasteiger partial charge in [-0.3, -0.25) is 13.9 Å². The van der Waals surface area contributed by atoms with Crippen LogP contribution in [0.4, 0.5) is 5.69 Å². The van der Waals surface area contributed by atoms with Crippen LogP contribution in [0.15, 0.2) is 82.6 Å². The molecule has 1 N–H and O–H groups in total. The van der Waals surface area contributed by atoms with E-state index in [9.17, 15) is 18.0 Å². The van der Waals surface area contributed by atoms with Crippen molar-refractivity contribution >= 4 is 39.3 Å². The minimum atomic E-state index is -4.11. The van der Waals surface area contributed by atoms with Gasteiger partial charge in [0.1, 0.15) is 18.3 Å². The lowest BCUT2D eigenvalue weighted by molar-refractivity contribution is -0.139. The van der Waals surface area contributed by atoms with Crippen molar-refractivity contribution in [3.8, 4) is 5.75 Å². The van der Waals surface area contributed by atoms with Gasteiger partial charge in [0.05, 0.1) is 17.7 Å². The highest BCUT2D eigenvalue weighted by Gasteiger charge is 2.32. The van der Waals surface area contributed by atoms with Gasteiger partial charge >= 0.3 is 0 Å². The molecule has 0 aliphatic carbocycles. The molecular weight excluding hydrogens is 546 g/mol. The number of anilines is 1. The number of aryl methyl sites for hydroxylation is 1. The Hall–Kier alpha value is -3.50. The van der Waals surface area contributed by atoms with Crippen molar-refractivity contribution in [2.24, 2.45) is 0 Å². The second-order valence-electron chi connectivity index (χ2n) is 9.73. The van der Waals surface area contributed by atoms with Crippen molar-refractivity contribution in [1.82, 2.24) is 10.2 Å². The predicted octanol–water partition coefficient (Wildman–Crippen LogP) is 4.86. The SMILES string of the molecule is COc1ccc(CN(C(=O)CN(c2ccc(C)cc2)S(=O)(=O)c2ccc(SC)cc2)[C@@H](C)C(=O)NC(C)C)cc1. The Balaban J connectivity index is 2.01. The van der Waals surface area contributed by atoms with E-state index < -0.39 is 28.5 Å². The van der Waals surface area contributed by atoms with Crippen LogP contribution >= 0.6 is 11.8 Å². The average Bonchev–Trinajstić information content (AvgIpc) is 2.94. The van der Waals surface area contributed by atoms with E-state index in [1.807, 2.05) is 39.2 Å². The minimum Gasteiger partial charge on any atom is -0.497 e. The number of hydrogen-bond donors (Lipinski definition) is 1. The Morgan fingerprint density at radius 1 is 0.925 bits per heavy atom. The van der Waals surface area contributed by atoms with E-state index in [1.54, 1.807) is 74.7 Å². The Morgan fingerprint density at radius 2 is 1.52 bits per heavy atom. The summed E-state index contributed by atoms with van der Waals surface area (Å²) in [4.78, 5) is 29.4. The van der Waals surface area contributed by atoms with Crippen LogP contribution in [-0.4, -0.2) is 57.1 Å². The molecule has 3 aromatic rings. The van der Waals surface area contributed by atoms with Crippen LogP contribution in [0.2, 0.25) is 0 Å². The number of carbonyl (C=O) groups is 2. The third-order valence-corrected chi connectivity index (χ3v) is 8.89. The molecule has 0 radical (unpaired) electrons. The lowest BCUT2D eigenvalue weighted by atomic mass is 10.1. The first-order chi connectivity index (χ1) is 19.0. The smallest absolute Gasteiger partial charge is 0.264 e. The van der Waals surface area contributed by atoms with Gasteiger partial charge in [0.2, 0.25) is 11.8 Å². The quantitative estimate of drug-likeness (QED) is 0.306. The molecule has 214 valence electrons. The van der Waals surface area contributed by atoms with Crippen molar-refractivity contribution in [2.45, 2.75) is 56.1 Å². The largest absolute Gasteiger partial charge is 0.497 e. The molecule has 3 rings (SSSR count). The van der Waals surface area contributed by atoms with Gasteiger partial charge in [0.25, 0.3) is 10.0 Å². The van der Waals surface area contributed by atoms with Gasteiger partial charge in [-0.1, -0.05) is 29.8 Å². The lowest BCUT2D eigenvalue weighted by Crippen LogP contribution is -2.52. The van der Waals surface area contributed by atoms with Crippen LogP contribution in [0.5, 0.6) is 5.75 Å². The van der Waals surface area contributed by atoms with Gasteiger partial charge in [-0.2, -0.15) is 0 Å². The number of thioether (sulfide) groups is 1. The summed E-state index contributed by atoms with van der Waals surface area (Å²) in [7, 11) is -2.54. The minimum absolute atomic E-state index is 0.0750. The third-order valence-electron chi connectivity index (χ3n) is 6.36. The summed E-state index contributed by atoms with van der Waals surface area (Å²) < 4.78 is 34.2. The number of methoxy groups -OCH3 is 1. The number of sulfonamides is 1. The second-order valence-corrected chi connectivity index (χ2v) is 12.5. The van der Waals surface area contributed by atoms with Crippen LogP contribution in [0, 0.1) is 6.92 Å².